The van der Waals surface area contributed by atoms with Crippen molar-refractivity contribution in [3.05, 3.63) is 0 Å². The van der Waals surface area contributed by atoms with Crippen molar-refractivity contribution in [1.82, 2.24) is 9.80 Å². The molecule has 1 aliphatic rings. The Balaban J connectivity index is 2.52. The molecule has 100 valence electrons. The second kappa shape index (κ2) is 5.80. The first-order valence-corrected chi connectivity index (χ1v) is 6.07. The van der Waals surface area contributed by atoms with E-state index >= 15 is 0 Å². The van der Waals surface area contributed by atoms with Crippen molar-refractivity contribution in [1.29, 1.82) is 0 Å². The molecule has 0 aromatic heterocycles. The lowest BCUT2D eigenvalue weighted by molar-refractivity contribution is -0.135. The molecule has 1 aliphatic heterocycles. The summed E-state index contributed by atoms with van der Waals surface area (Å²) in [4.78, 5) is 15.3. The van der Waals surface area contributed by atoms with Crippen LogP contribution in [-0.4, -0.2) is 73.4 Å². The van der Waals surface area contributed by atoms with Crippen LogP contribution in [0.15, 0.2) is 0 Å². The molecule has 1 fully saturated rings. The van der Waals surface area contributed by atoms with E-state index in [0.717, 1.165) is 0 Å². The quantitative estimate of drug-likeness (QED) is 0.752. The summed E-state index contributed by atoms with van der Waals surface area (Å²) in [5.41, 5.74) is -0.714. The Morgan fingerprint density at radius 2 is 1.88 bits per heavy atom. The minimum Gasteiger partial charge on any atom is -0.388 e. The zero-order chi connectivity index (χ0) is 13.1. The van der Waals surface area contributed by atoms with Gasteiger partial charge in [0.2, 0.25) is 5.91 Å². The van der Waals surface area contributed by atoms with E-state index in [1.54, 1.807) is 19.0 Å². The fourth-order valence-corrected chi connectivity index (χ4v) is 2.07. The number of rotatable bonds is 4. The van der Waals surface area contributed by atoms with Crippen LogP contribution in [0.5, 0.6) is 0 Å². The van der Waals surface area contributed by atoms with E-state index < -0.39 is 5.60 Å². The Morgan fingerprint density at radius 3 is 2.35 bits per heavy atom. The van der Waals surface area contributed by atoms with Crippen LogP contribution in [0.1, 0.15) is 19.8 Å². The lowest BCUT2D eigenvalue weighted by atomic mass is 9.93. The van der Waals surface area contributed by atoms with Gasteiger partial charge in [0.15, 0.2) is 0 Å². The van der Waals surface area contributed by atoms with E-state index in [-0.39, 0.29) is 11.9 Å². The van der Waals surface area contributed by atoms with E-state index in [1.165, 1.54) is 0 Å². The summed E-state index contributed by atoms with van der Waals surface area (Å²) in [6, 6.07) is -0.211. The number of likely N-dealkylation sites (N-methyl/N-ethyl adjacent to an activating group) is 2. The van der Waals surface area contributed by atoms with Crippen molar-refractivity contribution in [2.45, 2.75) is 31.4 Å². The topological polar surface area (TPSA) is 53.0 Å². The highest BCUT2D eigenvalue weighted by Crippen LogP contribution is 2.22. The van der Waals surface area contributed by atoms with Gasteiger partial charge in [-0.3, -0.25) is 9.69 Å². The molecule has 5 nitrogen and oxygen atoms in total. The number of hydrogen-bond acceptors (Lipinski definition) is 4. The summed E-state index contributed by atoms with van der Waals surface area (Å²) in [5, 5.41) is 10.4. The van der Waals surface area contributed by atoms with Crippen LogP contribution < -0.4 is 0 Å². The van der Waals surface area contributed by atoms with Gasteiger partial charge in [-0.25, -0.2) is 0 Å². The molecule has 0 bridgehead atoms. The first kappa shape index (κ1) is 14.4. The molecular formula is C12H24N2O3. The third-order valence-electron chi connectivity index (χ3n) is 3.43. The van der Waals surface area contributed by atoms with Gasteiger partial charge in [0, 0.05) is 46.7 Å². The normalized spacial score (nSPS) is 21.3. The molecule has 0 aliphatic carbocycles. The zero-order valence-corrected chi connectivity index (χ0v) is 11.3. The number of aliphatic hydroxyl groups is 1. The molecule has 1 rings (SSSR count). The van der Waals surface area contributed by atoms with Gasteiger partial charge in [0.1, 0.15) is 0 Å². The number of hydrogen-bond donors (Lipinski definition) is 1. The summed E-state index contributed by atoms with van der Waals surface area (Å²) in [6.45, 7) is 3.57. The molecular weight excluding hydrogens is 220 g/mol. The number of amides is 1. The Morgan fingerprint density at radius 1 is 1.35 bits per heavy atom. The van der Waals surface area contributed by atoms with Gasteiger partial charge in [0.05, 0.1) is 11.6 Å². The van der Waals surface area contributed by atoms with Gasteiger partial charge in [-0.1, -0.05) is 0 Å². The molecule has 0 aromatic carbocycles. The van der Waals surface area contributed by atoms with Gasteiger partial charge < -0.3 is 14.7 Å². The highest BCUT2D eigenvalue weighted by Gasteiger charge is 2.33. The largest absolute Gasteiger partial charge is 0.388 e. The summed E-state index contributed by atoms with van der Waals surface area (Å²) in [5.74, 6) is 0.0585. The number of nitrogens with zero attached hydrogens (tertiary/aromatic N) is 2. The molecule has 1 amide bonds. The average Bonchev–Trinajstić information content (AvgIpc) is 2.27. The predicted molar refractivity (Wildman–Crippen MR) is 65.8 cm³/mol. The van der Waals surface area contributed by atoms with Crippen molar-refractivity contribution < 1.29 is 14.6 Å². The van der Waals surface area contributed by atoms with E-state index in [1.807, 2.05) is 18.9 Å². The minimum atomic E-state index is -0.714. The Kier molecular flexibility index (Phi) is 4.91. The zero-order valence-electron chi connectivity index (χ0n) is 11.3. The van der Waals surface area contributed by atoms with Crippen LogP contribution in [0.3, 0.4) is 0 Å². The van der Waals surface area contributed by atoms with Crippen LogP contribution in [0.25, 0.3) is 0 Å². The highest BCUT2D eigenvalue weighted by atomic mass is 16.5. The fourth-order valence-electron chi connectivity index (χ4n) is 2.07. The third-order valence-corrected chi connectivity index (χ3v) is 3.43. The van der Waals surface area contributed by atoms with Crippen LogP contribution >= 0.6 is 0 Å². The Bertz CT molecular complexity index is 262. The SMILES string of the molecule is CC(C(=O)N(C)C)N(C)CC1(O)CCOCC1. The summed E-state index contributed by atoms with van der Waals surface area (Å²) in [6.07, 6.45) is 1.28. The lowest BCUT2D eigenvalue weighted by Crippen LogP contribution is -2.51. The maximum atomic E-state index is 11.8. The second-order valence-corrected chi connectivity index (χ2v) is 5.16. The second-order valence-electron chi connectivity index (χ2n) is 5.16. The third kappa shape index (κ3) is 3.94. The van der Waals surface area contributed by atoms with Crippen molar-refractivity contribution in [2.75, 3.05) is 40.9 Å². The van der Waals surface area contributed by atoms with Crippen molar-refractivity contribution in [3.8, 4) is 0 Å². The molecule has 5 heteroatoms. The van der Waals surface area contributed by atoms with Crippen LogP contribution in [0.4, 0.5) is 0 Å². The van der Waals surface area contributed by atoms with E-state index in [9.17, 15) is 9.90 Å². The van der Waals surface area contributed by atoms with Gasteiger partial charge in [-0.15, -0.1) is 0 Å². The number of carbonyl (C=O) groups is 1. The van der Waals surface area contributed by atoms with Gasteiger partial charge in [0.25, 0.3) is 0 Å². The molecule has 1 heterocycles. The molecule has 17 heavy (non-hydrogen) atoms. The van der Waals surface area contributed by atoms with E-state index in [2.05, 4.69) is 0 Å². The first-order chi connectivity index (χ1) is 7.86. The Hall–Kier alpha value is -0.650. The van der Waals surface area contributed by atoms with Crippen LogP contribution in [0, 0.1) is 0 Å². The number of carbonyl (C=O) groups excluding carboxylic acids is 1. The summed E-state index contributed by atoms with van der Waals surface area (Å²) < 4.78 is 5.24. The van der Waals surface area contributed by atoms with Crippen molar-refractivity contribution >= 4 is 5.91 Å². The maximum absolute atomic E-state index is 11.8. The monoisotopic (exact) mass is 244 g/mol. The number of ether oxygens (including phenoxy) is 1. The summed E-state index contributed by atoms with van der Waals surface area (Å²) in [7, 11) is 5.37. The lowest BCUT2D eigenvalue weighted by Gasteiger charge is -2.37. The molecule has 0 radical (unpaired) electrons. The van der Waals surface area contributed by atoms with E-state index in [4.69, 9.17) is 4.74 Å². The fraction of sp³-hybridized carbons (Fsp3) is 0.917. The maximum Gasteiger partial charge on any atom is 0.239 e. The minimum absolute atomic E-state index is 0.0585. The standard InChI is InChI=1S/C12H24N2O3/c1-10(11(15)13(2)3)14(4)9-12(16)5-7-17-8-6-12/h10,16H,5-9H2,1-4H3. The highest BCUT2D eigenvalue weighted by molar-refractivity contribution is 5.80. The molecule has 1 N–H and O–H groups in total. The van der Waals surface area contributed by atoms with Crippen molar-refractivity contribution in [2.24, 2.45) is 0 Å². The Labute approximate surface area is 103 Å². The summed E-state index contributed by atoms with van der Waals surface area (Å²) >= 11 is 0. The van der Waals surface area contributed by atoms with Gasteiger partial charge in [-0.2, -0.15) is 0 Å². The van der Waals surface area contributed by atoms with Gasteiger partial charge in [-0.05, 0) is 14.0 Å². The average molecular weight is 244 g/mol. The molecule has 0 aromatic rings. The van der Waals surface area contributed by atoms with Crippen molar-refractivity contribution in [3.63, 3.8) is 0 Å². The predicted octanol–water partition coefficient (Wildman–Crippen LogP) is -0.0636. The first-order valence-electron chi connectivity index (χ1n) is 6.07. The van der Waals surface area contributed by atoms with E-state index in [0.29, 0.717) is 32.6 Å². The van der Waals surface area contributed by atoms with Gasteiger partial charge >= 0.3 is 0 Å². The molecule has 1 saturated heterocycles. The smallest absolute Gasteiger partial charge is 0.239 e. The molecule has 0 saturated carbocycles. The van der Waals surface area contributed by atoms with Crippen LogP contribution in [-0.2, 0) is 9.53 Å². The molecule has 1 atom stereocenters. The molecule has 1 unspecified atom stereocenters. The molecule has 0 spiro atoms. The van der Waals surface area contributed by atoms with Crippen LogP contribution in [0.2, 0.25) is 0 Å².